The van der Waals surface area contributed by atoms with Crippen molar-refractivity contribution in [2.45, 2.75) is 25.8 Å². The summed E-state index contributed by atoms with van der Waals surface area (Å²) in [6.07, 6.45) is 2.11. The molecule has 1 unspecified atom stereocenters. The fourth-order valence-corrected chi connectivity index (χ4v) is 1.98. The predicted molar refractivity (Wildman–Crippen MR) is 60.2 cm³/mol. The van der Waals surface area contributed by atoms with E-state index in [1.54, 1.807) is 18.0 Å². The van der Waals surface area contributed by atoms with Crippen LogP contribution in [0, 0.1) is 0 Å². The van der Waals surface area contributed by atoms with Crippen LogP contribution < -0.4 is 0 Å². The molecular weight excluding hydrogens is 208 g/mol. The van der Waals surface area contributed by atoms with Gasteiger partial charge in [0, 0.05) is 32.4 Å². The number of hydrogen-bond acceptors (Lipinski definition) is 3. The van der Waals surface area contributed by atoms with Gasteiger partial charge in [-0.25, -0.2) is 4.79 Å². The summed E-state index contributed by atoms with van der Waals surface area (Å²) in [5.41, 5.74) is 0.600. The van der Waals surface area contributed by atoms with Gasteiger partial charge in [-0.15, -0.1) is 0 Å². The Balaban J connectivity index is 2.77. The second-order valence-electron chi connectivity index (χ2n) is 4.27. The minimum absolute atomic E-state index is 0.0893. The number of ketones is 1. The Labute approximate surface area is 95.3 Å². The third kappa shape index (κ3) is 2.74. The molecule has 0 aromatic rings. The largest absolute Gasteiger partial charge is 0.465 e. The van der Waals surface area contributed by atoms with Crippen molar-refractivity contribution in [1.29, 1.82) is 0 Å². The second kappa shape index (κ2) is 5.01. The molecule has 5 heteroatoms. The third-order valence-corrected chi connectivity index (χ3v) is 2.64. The molecule has 0 aromatic carbocycles. The van der Waals surface area contributed by atoms with E-state index in [0.29, 0.717) is 18.5 Å². The van der Waals surface area contributed by atoms with Crippen LogP contribution in [-0.4, -0.2) is 53.5 Å². The van der Waals surface area contributed by atoms with Crippen LogP contribution in [0.1, 0.15) is 19.8 Å². The molecule has 0 saturated carbocycles. The van der Waals surface area contributed by atoms with Gasteiger partial charge < -0.3 is 10.0 Å². The molecule has 0 radical (unpaired) electrons. The third-order valence-electron chi connectivity index (χ3n) is 2.64. The van der Waals surface area contributed by atoms with E-state index in [1.165, 1.54) is 4.90 Å². The Kier molecular flexibility index (Phi) is 3.93. The number of nitrogens with zero attached hydrogens (tertiary/aromatic N) is 2. The van der Waals surface area contributed by atoms with Crippen LogP contribution in [0.4, 0.5) is 4.79 Å². The van der Waals surface area contributed by atoms with Gasteiger partial charge >= 0.3 is 6.09 Å². The first kappa shape index (κ1) is 12.5. The number of carboxylic acid groups (broad SMARTS) is 1. The molecule has 1 atom stereocenters. The van der Waals surface area contributed by atoms with Crippen molar-refractivity contribution in [1.82, 2.24) is 9.80 Å². The Morgan fingerprint density at radius 3 is 2.56 bits per heavy atom. The number of hydrogen-bond donors (Lipinski definition) is 1. The number of Topliss-reactive ketones (excluding diaryl/α,β-unsaturated/α-hetero) is 1. The Morgan fingerprint density at radius 2 is 2.06 bits per heavy atom. The topological polar surface area (TPSA) is 60.9 Å². The normalized spacial score (nSPS) is 21.1. The molecular formula is C11H18N2O3. The summed E-state index contributed by atoms with van der Waals surface area (Å²) in [6.45, 7) is 2.18. The van der Waals surface area contributed by atoms with Gasteiger partial charge in [-0.2, -0.15) is 0 Å². The summed E-state index contributed by atoms with van der Waals surface area (Å²) in [5, 5.41) is 8.94. The molecule has 0 aromatic heterocycles. The average Bonchev–Trinajstić information content (AvgIpc) is 2.63. The highest BCUT2D eigenvalue weighted by Crippen LogP contribution is 2.20. The highest BCUT2D eigenvalue weighted by Gasteiger charge is 2.34. The summed E-state index contributed by atoms with van der Waals surface area (Å²) >= 11 is 0. The second-order valence-corrected chi connectivity index (χ2v) is 4.27. The SMILES string of the molecule is CC(=CN(C)C)C(=O)C1CCCN1C(=O)O. The van der Waals surface area contributed by atoms with Gasteiger partial charge in [0.25, 0.3) is 0 Å². The van der Waals surface area contributed by atoms with Crippen LogP contribution in [-0.2, 0) is 4.79 Å². The standard InChI is InChI=1S/C11H18N2O3/c1-8(7-12(2)3)10(14)9-5-4-6-13(9)11(15)16/h7,9H,4-6H2,1-3H3,(H,15,16). The number of amides is 1. The molecule has 1 N–H and O–H groups in total. The van der Waals surface area contributed by atoms with Crippen LogP contribution in [0.2, 0.25) is 0 Å². The van der Waals surface area contributed by atoms with Gasteiger partial charge in [-0.1, -0.05) is 0 Å². The zero-order valence-electron chi connectivity index (χ0n) is 9.93. The van der Waals surface area contributed by atoms with Gasteiger partial charge in [0.1, 0.15) is 0 Å². The summed E-state index contributed by atoms with van der Waals surface area (Å²) in [6, 6.07) is -0.492. The molecule has 1 fully saturated rings. The van der Waals surface area contributed by atoms with E-state index < -0.39 is 12.1 Å². The molecule has 0 spiro atoms. The summed E-state index contributed by atoms with van der Waals surface area (Å²) < 4.78 is 0. The zero-order valence-corrected chi connectivity index (χ0v) is 9.93. The molecule has 0 bridgehead atoms. The molecule has 1 saturated heterocycles. The van der Waals surface area contributed by atoms with Crippen LogP contribution in [0.5, 0.6) is 0 Å². The summed E-state index contributed by atoms with van der Waals surface area (Å²) in [4.78, 5) is 25.9. The van der Waals surface area contributed by atoms with Crippen molar-refractivity contribution in [3.05, 3.63) is 11.8 Å². The number of rotatable bonds is 3. The van der Waals surface area contributed by atoms with Gasteiger partial charge in [0.15, 0.2) is 5.78 Å². The van der Waals surface area contributed by atoms with Crippen LogP contribution in [0.3, 0.4) is 0 Å². The smallest absolute Gasteiger partial charge is 0.407 e. The molecule has 1 rings (SSSR count). The highest BCUT2D eigenvalue weighted by molar-refractivity contribution is 6.00. The van der Waals surface area contributed by atoms with Crippen molar-refractivity contribution in [3.63, 3.8) is 0 Å². The van der Waals surface area contributed by atoms with E-state index in [4.69, 9.17) is 5.11 Å². The van der Waals surface area contributed by atoms with Gasteiger partial charge in [0.05, 0.1) is 6.04 Å². The number of carbonyl (C=O) groups is 2. The Morgan fingerprint density at radius 1 is 1.44 bits per heavy atom. The van der Waals surface area contributed by atoms with E-state index in [-0.39, 0.29) is 5.78 Å². The lowest BCUT2D eigenvalue weighted by Crippen LogP contribution is -2.40. The maximum atomic E-state index is 12.0. The molecule has 0 aliphatic carbocycles. The van der Waals surface area contributed by atoms with Gasteiger partial charge in [-0.05, 0) is 19.8 Å². The van der Waals surface area contributed by atoms with Crippen LogP contribution in [0.15, 0.2) is 11.8 Å². The van der Waals surface area contributed by atoms with E-state index in [0.717, 1.165) is 6.42 Å². The Bertz CT molecular complexity index is 323. The van der Waals surface area contributed by atoms with Crippen molar-refractivity contribution in [3.8, 4) is 0 Å². The number of carbonyl (C=O) groups excluding carboxylic acids is 1. The number of likely N-dealkylation sites (tertiary alicyclic amines) is 1. The van der Waals surface area contributed by atoms with E-state index >= 15 is 0 Å². The quantitative estimate of drug-likeness (QED) is 0.734. The Hall–Kier alpha value is -1.52. The van der Waals surface area contributed by atoms with E-state index in [1.807, 2.05) is 14.1 Å². The van der Waals surface area contributed by atoms with E-state index in [2.05, 4.69) is 0 Å². The van der Waals surface area contributed by atoms with Crippen molar-refractivity contribution >= 4 is 11.9 Å². The lowest BCUT2D eigenvalue weighted by molar-refractivity contribution is -0.119. The van der Waals surface area contributed by atoms with Gasteiger partial charge in [0.2, 0.25) is 0 Å². The molecule has 1 heterocycles. The first-order chi connectivity index (χ1) is 7.43. The van der Waals surface area contributed by atoms with Crippen LogP contribution >= 0.6 is 0 Å². The fraction of sp³-hybridized carbons (Fsp3) is 0.636. The first-order valence-electron chi connectivity index (χ1n) is 5.32. The van der Waals surface area contributed by atoms with Crippen molar-refractivity contribution < 1.29 is 14.7 Å². The lowest BCUT2D eigenvalue weighted by Gasteiger charge is -2.20. The molecule has 1 aliphatic heterocycles. The van der Waals surface area contributed by atoms with E-state index in [9.17, 15) is 9.59 Å². The maximum absolute atomic E-state index is 12.0. The summed E-state index contributed by atoms with van der Waals surface area (Å²) in [7, 11) is 3.67. The maximum Gasteiger partial charge on any atom is 0.407 e. The first-order valence-corrected chi connectivity index (χ1v) is 5.32. The van der Waals surface area contributed by atoms with Gasteiger partial charge in [-0.3, -0.25) is 9.69 Å². The van der Waals surface area contributed by atoms with Crippen LogP contribution in [0.25, 0.3) is 0 Å². The monoisotopic (exact) mass is 226 g/mol. The molecule has 16 heavy (non-hydrogen) atoms. The minimum Gasteiger partial charge on any atom is -0.465 e. The molecule has 5 nitrogen and oxygen atoms in total. The lowest BCUT2D eigenvalue weighted by atomic mass is 10.0. The molecule has 1 amide bonds. The summed E-state index contributed by atoms with van der Waals surface area (Å²) in [5.74, 6) is -0.0893. The van der Waals surface area contributed by atoms with Crippen molar-refractivity contribution in [2.75, 3.05) is 20.6 Å². The molecule has 1 aliphatic rings. The fourth-order valence-electron chi connectivity index (χ4n) is 1.98. The van der Waals surface area contributed by atoms with Crippen molar-refractivity contribution in [2.24, 2.45) is 0 Å². The predicted octanol–water partition coefficient (Wildman–Crippen LogP) is 1.16. The highest BCUT2D eigenvalue weighted by atomic mass is 16.4. The average molecular weight is 226 g/mol. The zero-order chi connectivity index (χ0) is 12.3. The minimum atomic E-state index is -1.01. The molecule has 90 valence electrons.